The van der Waals surface area contributed by atoms with Crippen LogP contribution in [0.25, 0.3) is 0 Å². The van der Waals surface area contributed by atoms with Crippen LogP contribution in [0.2, 0.25) is 0 Å². The second-order valence-electron chi connectivity index (χ2n) is 7.11. The van der Waals surface area contributed by atoms with Crippen LogP contribution in [0.3, 0.4) is 0 Å². The number of nitrogens with zero attached hydrogens (tertiary/aromatic N) is 2. The summed E-state index contributed by atoms with van der Waals surface area (Å²) in [6.45, 7) is 4.96. The number of nitro groups is 1. The van der Waals surface area contributed by atoms with Crippen molar-refractivity contribution in [3.63, 3.8) is 0 Å². The Kier molecular flexibility index (Phi) is 10.0. The first kappa shape index (κ1) is 25.7. The van der Waals surface area contributed by atoms with Gasteiger partial charge in [0.15, 0.2) is 11.5 Å². The van der Waals surface area contributed by atoms with Gasteiger partial charge in [0.1, 0.15) is 11.0 Å². The van der Waals surface area contributed by atoms with E-state index in [0.29, 0.717) is 13.2 Å². The zero-order valence-electron chi connectivity index (χ0n) is 18.6. The Bertz CT molecular complexity index is 813. The lowest BCUT2D eigenvalue weighted by molar-refractivity contribution is -0.385. The van der Waals surface area contributed by atoms with E-state index in [1.165, 1.54) is 19.2 Å². The molecule has 1 aromatic carbocycles. The van der Waals surface area contributed by atoms with Gasteiger partial charge in [-0.2, -0.15) is 0 Å². The molecular formula is C21H30N2O8S. The molecule has 1 aliphatic rings. The maximum absolute atomic E-state index is 13.4. The van der Waals surface area contributed by atoms with Gasteiger partial charge in [0.2, 0.25) is 0 Å². The number of methoxy groups -OCH3 is 1. The molecule has 0 saturated carbocycles. The largest absolute Gasteiger partial charge is 0.493 e. The van der Waals surface area contributed by atoms with Gasteiger partial charge in [-0.3, -0.25) is 19.7 Å². The van der Waals surface area contributed by atoms with Gasteiger partial charge in [-0.05, 0) is 31.9 Å². The van der Waals surface area contributed by atoms with Gasteiger partial charge in [0.25, 0.3) is 11.6 Å². The number of hydrogen-bond acceptors (Lipinski definition) is 8. The first-order chi connectivity index (χ1) is 15.3. The predicted molar refractivity (Wildman–Crippen MR) is 120 cm³/mol. The van der Waals surface area contributed by atoms with Gasteiger partial charge in [0.05, 0.1) is 30.7 Å². The number of nitro benzene ring substituents is 1. The molecule has 1 aromatic rings. The minimum Gasteiger partial charge on any atom is -0.493 e. The molecule has 0 aliphatic carbocycles. The Morgan fingerprint density at radius 1 is 1.34 bits per heavy atom. The molecule has 1 amide bonds. The lowest BCUT2D eigenvalue weighted by atomic mass is 10.1. The van der Waals surface area contributed by atoms with E-state index in [2.05, 4.69) is 0 Å². The number of hydrogen-bond donors (Lipinski definition) is 1. The number of rotatable bonds is 13. The fourth-order valence-electron chi connectivity index (χ4n) is 3.63. The van der Waals surface area contributed by atoms with Crippen LogP contribution in [0.15, 0.2) is 12.1 Å². The number of carboxylic acids is 1. The normalized spacial score (nSPS) is 16.6. The molecule has 2 rings (SSSR count). The van der Waals surface area contributed by atoms with Gasteiger partial charge < -0.3 is 24.2 Å². The van der Waals surface area contributed by atoms with Crippen molar-refractivity contribution in [2.24, 2.45) is 0 Å². The number of thioether (sulfide) groups is 1. The van der Waals surface area contributed by atoms with Crippen molar-refractivity contribution < 1.29 is 33.8 Å². The van der Waals surface area contributed by atoms with Crippen LogP contribution in [-0.4, -0.2) is 70.9 Å². The third-order valence-corrected chi connectivity index (χ3v) is 6.15. The summed E-state index contributed by atoms with van der Waals surface area (Å²) < 4.78 is 16.7. The lowest BCUT2D eigenvalue weighted by Crippen LogP contribution is -2.43. The van der Waals surface area contributed by atoms with Crippen LogP contribution in [0.4, 0.5) is 5.69 Å². The Balaban J connectivity index is 2.32. The Morgan fingerprint density at radius 3 is 2.69 bits per heavy atom. The average molecular weight is 471 g/mol. The minimum atomic E-state index is -0.959. The molecule has 1 aliphatic heterocycles. The van der Waals surface area contributed by atoms with Gasteiger partial charge >= 0.3 is 5.97 Å². The number of ether oxygens (including phenoxy) is 3. The van der Waals surface area contributed by atoms with Gasteiger partial charge in [0, 0.05) is 25.6 Å². The van der Waals surface area contributed by atoms with Crippen molar-refractivity contribution in [3.8, 4) is 11.5 Å². The molecule has 0 spiro atoms. The average Bonchev–Trinajstić information content (AvgIpc) is 3.25. The van der Waals surface area contributed by atoms with E-state index in [9.17, 15) is 19.7 Å². The van der Waals surface area contributed by atoms with Crippen molar-refractivity contribution in [1.82, 2.24) is 4.90 Å². The number of likely N-dealkylation sites (tertiary alicyclic amines) is 1. The molecule has 2 atom stereocenters. The minimum absolute atomic E-state index is 0.0472. The summed E-state index contributed by atoms with van der Waals surface area (Å²) in [6, 6.07) is 2.31. The van der Waals surface area contributed by atoms with Gasteiger partial charge in [-0.25, -0.2) is 0 Å². The SMILES string of the molecule is CCOC(SCC)[C@@H]1CCCN1C(=O)c1cc(OC)c(OCCCC(=O)O)cc1[N+](=O)[O-]. The highest BCUT2D eigenvalue weighted by atomic mass is 32.2. The number of carboxylic acid groups (broad SMARTS) is 1. The summed E-state index contributed by atoms with van der Waals surface area (Å²) in [4.78, 5) is 36.9. The Morgan fingerprint density at radius 2 is 2.09 bits per heavy atom. The van der Waals surface area contributed by atoms with Gasteiger partial charge in [-0.15, -0.1) is 11.8 Å². The van der Waals surface area contributed by atoms with Crippen LogP contribution in [-0.2, 0) is 9.53 Å². The molecule has 0 radical (unpaired) electrons. The maximum Gasteiger partial charge on any atom is 0.303 e. The lowest BCUT2D eigenvalue weighted by Gasteiger charge is -2.31. The van der Waals surface area contributed by atoms with Crippen molar-refractivity contribution in [1.29, 1.82) is 0 Å². The number of amides is 1. The van der Waals surface area contributed by atoms with Crippen LogP contribution >= 0.6 is 11.8 Å². The molecule has 1 fully saturated rings. The predicted octanol–water partition coefficient (Wildman–Crippen LogP) is 3.57. The van der Waals surface area contributed by atoms with E-state index in [-0.39, 0.29) is 53.7 Å². The smallest absolute Gasteiger partial charge is 0.303 e. The number of carbonyl (C=O) groups is 2. The third-order valence-electron chi connectivity index (χ3n) is 5.04. The number of carbonyl (C=O) groups excluding carboxylic acids is 1. The summed E-state index contributed by atoms with van der Waals surface area (Å²) in [5.74, 6) is -0.316. The standard InChI is InChI=1S/C21H30N2O8S/c1-4-30-21(32-5-2)15-8-6-10-22(15)20(26)14-12-17(29-3)18(13-16(14)23(27)28)31-11-7-9-19(24)25/h12-13,15,21H,4-11H2,1-3H3,(H,24,25)/t15-,21?/m0/s1. The molecule has 10 nitrogen and oxygen atoms in total. The number of benzene rings is 1. The highest BCUT2D eigenvalue weighted by Gasteiger charge is 2.38. The first-order valence-electron chi connectivity index (χ1n) is 10.6. The summed E-state index contributed by atoms with van der Waals surface area (Å²) in [5.41, 5.74) is -0.659. The zero-order chi connectivity index (χ0) is 23.7. The van der Waals surface area contributed by atoms with E-state index >= 15 is 0 Å². The highest BCUT2D eigenvalue weighted by Crippen LogP contribution is 2.37. The first-order valence-corrected chi connectivity index (χ1v) is 11.6. The molecule has 1 heterocycles. The summed E-state index contributed by atoms with van der Waals surface area (Å²) in [7, 11) is 1.38. The van der Waals surface area contributed by atoms with Crippen molar-refractivity contribution in [2.45, 2.75) is 51.0 Å². The van der Waals surface area contributed by atoms with E-state index in [1.54, 1.807) is 16.7 Å². The van der Waals surface area contributed by atoms with E-state index in [0.717, 1.165) is 18.6 Å². The van der Waals surface area contributed by atoms with Gasteiger partial charge in [-0.1, -0.05) is 6.92 Å². The van der Waals surface area contributed by atoms with Crippen molar-refractivity contribution in [2.75, 3.05) is 32.6 Å². The second-order valence-corrected chi connectivity index (χ2v) is 8.49. The zero-order valence-corrected chi connectivity index (χ0v) is 19.4. The monoisotopic (exact) mass is 470 g/mol. The molecule has 32 heavy (non-hydrogen) atoms. The molecule has 0 aromatic heterocycles. The van der Waals surface area contributed by atoms with E-state index < -0.39 is 16.8 Å². The second kappa shape index (κ2) is 12.5. The molecule has 1 saturated heterocycles. The van der Waals surface area contributed by atoms with E-state index in [1.807, 2.05) is 13.8 Å². The molecule has 178 valence electrons. The number of aliphatic carboxylic acids is 1. The van der Waals surface area contributed by atoms with Crippen LogP contribution in [0, 0.1) is 10.1 Å². The molecule has 0 bridgehead atoms. The topological polar surface area (TPSA) is 128 Å². The molecule has 1 N–H and O–H groups in total. The highest BCUT2D eigenvalue weighted by molar-refractivity contribution is 7.99. The quantitative estimate of drug-likeness (QED) is 0.199. The Hall–Kier alpha value is -2.53. The van der Waals surface area contributed by atoms with E-state index in [4.69, 9.17) is 19.3 Å². The van der Waals surface area contributed by atoms with Crippen molar-refractivity contribution >= 4 is 29.3 Å². The summed E-state index contributed by atoms with van der Waals surface area (Å²) >= 11 is 1.61. The summed E-state index contributed by atoms with van der Waals surface area (Å²) in [5, 5.41) is 20.5. The fourth-order valence-corrected chi connectivity index (χ4v) is 4.70. The molecular weight excluding hydrogens is 440 g/mol. The van der Waals surface area contributed by atoms with Crippen LogP contribution < -0.4 is 9.47 Å². The fraction of sp³-hybridized carbons (Fsp3) is 0.619. The maximum atomic E-state index is 13.4. The van der Waals surface area contributed by atoms with Crippen LogP contribution in [0.5, 0.6) is 11.5 Å². The molecule has 11 heteroatoms. The van der Waals surface area contributed by atoms with Crippen molar-refractivity contribution in [3.05, 3.63) is 27.8 Å². The van der Waals surface area contributed by atoms with Crippen LogP contribution in [0.1, 0.15) is 49.9 Å². The summed E-state index contributed by atoms with van der Waals surface area (Å²) in [6.07, 6.45) is 1.70. The Labute approximate surface area is 191 Å². The molecule has 1 unspecified atom stereocenters. The third kappa shape index (κ3) is 6.49.